The van der Waals surface area contributed by atoms with Crippen LogP contribution in [0.15, 0.2) is 24.3 Å². The first-order valence-corrected chi connectivity index (χ1v) is 7.36. The SMILES string of the molecule is Cc1cccc(CCC(=O)NCCN2CCOCC2)c1. The minimum absolute atomic E-state index is 0.139. The molecule has 1 amide bonds. The summed E-state index contributed by atoms with van der Waals surface area (Å²) >= 11 is 0. The largest absolute Gasteiger partial charge is 0.379 e. The van der Waals surface area contributed by atoms with Gasteiger partial charge < -0.3 is 10.1 Å². The Morgan fingerprint density at radius 1 is 1.35 bits per heavy atom. The lowest BCUT2D eigenvalue weighted by molar-refractivity contribution is -0.121. The predicted octanol–water partition coefficient (Wildman–Crippen LogP) is 1.38. The van der Waals surface area contributed by atoms with Crippen molar-refractivity contribution in [3.63, 3.8) is 0 Å². The molecule has 0 spiro atoms. The van der Waals surface area contributed by atoms with Crippen molar-refractivity contribution in [3.05, 3.63) is 35.4 Å². The van der Waals surface area contributed by atoms with E-state index in [0.717, 1.165) is 45.8 Å². The second-order valence-electron chi connectivity index (χ2n) is 5.29. The Balaban J connectivity index is 1.60. The highest BCUT2D eigenvalue weighted by atomic mass is 16.5. The van der Waals surface area contributed by atoms with Crippen molar-refractivity contribution in [3.8, 4) is 0 Å². The maximum Gasteiger partial charge on any atom is 0.220 e. The third kappa shape index (κ3) is 5.31. The molecule has 0 saturated carbocycles. The Kier molecular flexibility index (Phi) is 6.02. The maximum absolute atomic E-state index is 11.8. The third-order valence-corrected chi connectivity index (χ3v) is 3.58. The molecular formula is C16H24N2O2. The van der Waals surface area contributed by atoms with Crippen molar-refractivity contribution in [1.82, 2.24) is 10.2 Å². The molecule has 1 aromatic carbocycles. The van der Waals surface area contributed by atoms with Crippen molar-refractivity contribution in [2.24, 2.45) is 0 Å². The van der Waals surface area contributed by atoms with Crippen LogP contribution in [0.4, 0.5) is 0 Å². The molecule has 0 aliphatic carbocycles. The molecule has 2 rings (SSSR count). The molecule has 110 valence electrons. The second-order valence-corrected chi connectivity index (χ2v) is 5.29. The van der Waals surface area contributed by atoms with E-state index >= 15 is 0 Å². The summed E-state index contributed by atoms with van der Waals surface area (Å²) in [7, 11) is 0. The van der Waals surface area contributed by atoms with Crippen molar-refractivity contribution < 1.29 is 9.53 Å². The highest BCUT2D eigenvalue weighted by Crippen LogP contribution is 2.06. The topological polar surface area (TPSA) is 41.6 Å². The number of ether oxygens (including phenoxy) is 1. The van der Waals surface area contributed by atoms with Gasteiger partial charge in [0.1, 0.15) is 0 Å². The fourth-order valence-corrected chi connectivity index (χ4v) is 2.39. The molecule has 0 unspecified atom stereocenters. The number of carbonyl (C=O) groups is 1. The minimum atomic E-state index is 0.139. The summed E-state index contributed by atoms with van der Waals surface area (Å²) < 4.78 is 5.30. The molecule has 1 aromatic rings. The van der Waals surface area contributed by atoms with Gasteiger partial charge in [0.25, 0.3) is 0 Å². The average Bonchev–Trinajstić information content (AvgIpc) is 2.46. The molecule has 0 atom stereocenters. The Morgan fingerprint density at radius 2 is 2.15 bits per heavy atom. The summed E-state index contributed by atoms with van der Waals surface area (Å²) in [6.45, 7) is 7.28. The monoisotopic (exact) mass is 276 g/mol. The van der Waals surface area contributed by atoms with E-state index < -0.39 is 0 Å². The Labute approximate surface area is 121 Å². The van der Waals surface area contributed by atoms with Gasteiger partial charge in [-0.2, -0.15) is 0 Å². The van der Waals surface area contributed by atoms with Gasteiger partial charge in [0.2, 0.25) is 5.91 Å². The first kappa shape index (κ1) is 15.0. The van der Waals surface area contributed by atoms with Crippen LogP contribution < -0.4 is 5.32 Å². The number of morpholine rings is 1. The van der Waals surface area contributed by atoms with Crippen molar-refractivity contribution >= 4 is 5.91 Å². The van der Waals surface area contributed by atoms with Gasteiger partial charge in [-0.25, -0.2) is 0 Å². The fourth-order valence-electron chi connectivity index (χ4n) is 2.39. The smallest absolute Gasteiger partial charge is 0.220 e. The van der Waals surface area contributed by atoms with Gasteiger partial charge in [-0.3, -0.25) is 9.69 Å². The standard InChI is InChI=1S/C16H24N2O2/c1-14-3-2-4-15(13-14)5-6-16(19)17-7-8-18-9-11-20-12-10-18/h2-4,13H,5-12H2,1H3,(H,17,19). The van der Waals surface area contributed by atoms with Crippen LogP contribution in [0.25, 0.3) is 0 Å². The van der Waals surface area contributed by atoms with Gasteiger partial charge in [-0.1, -0.05) is 29.8 Å². The Hall–Kier alpha value is -1.39. The molecule has 0 bridgehead atoms. The van der Waals surface area contributed by atoms with E-state index in [9.17, 15) is 4.79 Å². The molecule has 1 fully saturated rings. The van der Waals surface area contributed by atoms with Crippen LogP contribution >= 0.6 is 0 Å². The summed E-state index contributed by atoms with van der Waals surface area (Å²) in [6.07, 6.45) is 1.37. The van der Waals surface area contributed by atoms with E-state index in [2.05, 4.69) is 35.3 Å². The molecule has 4 heteroatoms. The van der Waals surface area contributed by atoms with Crippen LogP contribution in [0.5, 0.6) is 0 Å². The summed E-state index contributed by atoms with van der Waals surface area (Å²) in [5, 5.41) is 2.99. The molecule has 1 N–H and O–H groups in total. The zero-order chi connectivity index (χ0) is 14.2. The maximum atomic E-state index is 11.8. The Bertz CT molecular complexity index is 428. The lowest BCUT2D eigenvalue weighted by atomic mass is 10.1. The zero-order valence-corrected chi connectivity index (χ0v) is 12.2. The van der Waals surface area contributed by atoms with Crippen LogP contribution in [-0.4, -0.2) is 50.2 Å². The van der Waals surface area contributed by atoms with Crippen molar-refractivity contribution in [1.29, 1.82) is 0 Å². The third-order valence-electron chi connectivity index (χ3n) is 3.58. The van der Waals surface area contributed by atoms with Gasteiger partial charge in [0.15, 0.2) is 0 Å². The zero-order valence-electron chi connectivity index (χ0n) is 12.2. The van der Waals surface area contributed by atoms with Crippen molar-refractivity contribution in [2.75, 3.05) is 39.4 Å². The molecule has 1 aliphatic heterocycles. The number of nitrogens with one attached hydrogen (secondary N) is 1. The minimum Gasteiger partial charge on any atom is -0.379 e. The highest BCUT2D eigenvalue weighted by molar-refractivity contribution is 5.76. The fraction of sp³-hybridized carbons (Fsp3) is 0.562. The predicted molar refractivity (Wildman–Crippen MR) is 79.8 cm³/mol. The number of hydrogen-bond donors (Lipinski definition) is 1. The number of benzene rings is 1. The molecule has 0 radical (unpaired) electrons. The van der Waals surface area contributed by atoms with Crippen LogP contribution in [0.2, 0.25) is 0 Å². The normalized spacial score (nSPS) is 16.1. The number of rotatable bonds is 6. The molecular weight excluding hydrogens is 252 g/mol. The molecule has 4 nitrogen and oxygen atoms in total. The quantitative estimate of drug-likeness (QED) is 0.853. The summed E-state index contributed by atoms with van der Waals surface area (Å²) in [5.41, 5.74) is 2.48. The van der Waals surface area contributed by atoms with E-state index in [1.54, 1.807) is 0 Å². The van der Waals surface area contributed by atoms with Gasteiger partial charge in [-0.15, -0.1) is 0 Å². The Morgan fingerprint density at radius 3 is 2.90 bits per heavy atom. The first-order valence-electron chi connectivity index (χ1n) is 7.36. The summed E-state index contributed by atoms with van der Waals surface area (Å²) in [5.74, 6) is 0.139. The van der Waals surface area contributed by atoms with E-state index in [-0.39, 0.29) is 5.91 Å². The number of nitrogens with zero attached hydrogens (tertiary/aromatic N) is 1. The van der Waals surface area contributed by atoms with E-state index in [0.29, 0.717) is 6.42 Å². The van der Waals surface area contributed by atoms with Crippen LogP contribution in [-0.2, 0) is 16.0 Å². The molecule has 0 aromatic heterocycles. The van der Waals surface area contributed by atoms with Crippen LogP contribution in [0.1, 0.15) is 17.5 Å². The van der Waals surface area contributed by atoms with Crippen molar-refractivity contribution in [2.45, 2.75) is 19.8 Å². The van der Waals surface area contributed by atoms with E-state index in [1.807, 2.05) is 6.07 Å². The molecule has 1 heterocycles. The van der Waals surface area contributed by atoms with E-state index in [1.165, 1.54) is 11.1 Å². The lowest BCUT2D eigenvalue weighted by Gasteiger charge is -2.26. The molecule has 1 saturated heterocycles. The van der Waals surface area contributed by atoms with Crippen LogP contribution in [0.3, 0.4) is 0 Å². The number of carbonyl (C=O) groups excluding carboxylic acids is 1. The van der Waals surface area contributed by atoms with Crippen LogP contribution in [0, 0.1) is 6.92 Å². The molecule has 1 aliphatic rings. The summed E-state index contributed by atoms with van der Waals surface area (Å²) in [6, 6.07) is 8.34. The second kappa shape index (κ2) is 8.02. The molecule has 20 heavy (non-hydrogen) atoms. The average molecular weight is 276 g/mol. The van der Waals surface area contributed by atoms with Gasteiger partial charge in [0, 0.05) is 32.6 Å². The summed E-state index contributed by atoms with van der Waals surface area (Å²) in [4.78, 5) is 14.1. The van der Waals surface area contributed by atoms with E-state index in [4.69, 9.17) is 4.74 Å². The first-order chi connectivity index (χ1) is 9.74. The lowest BCUT2D eigenvalue weighted by Crippen LogP contribution is -2.41. The highest BCUT2D eigenvalue weighted by Gasteiger charge is 2.10. The van der Waals surface area contributed by atoms with Gasteiger partial charge in [-0.05, 0) is 18.9 Å². The number of amides is 1. The number of hydrogen-bond acceptors (Lipinski definition) is 3. The number of aryl methyl sites for hydroxylation is 2. The van der Waals surface area contributed by atoms with Gasteiger partial charge in [0.05, 0.1) is 13.2 Å². The van der Waals surface area contributed by atoms with Gasteiger partial charge >= 0.3 is 0 Å².